The Kier molecular flexibility index (Phi) is 5.20. The molecule has 6 heteroatoms. The summed E-state index contributed by atoms with van der Waals surface area (Å²) in [4.78, 5) is 16.6. The molecule has 1 amide bonds. The van der Waals surface area contributed by atoms with Crippen molar-refractivity contribution in [3.8, 4) is 11.5 Å². The number of aryl methyl sites for hydroxylation is 2. The van der Waals surface area contributed by atoms with Gasteiger partial charge in [0.05, 0.1) is 12.2 Å². The molecule has 1 aliphatic rings. The van der Waals surface area contributed by atoms with Gasteiger partial charge in [-0.25, -0.2) is 4.98 Å². The molecule has 140 valence electrons. The number of oxazole rings is 1. The highest BCUT2D eigenvalue weighted by atomic mass is 16.6. The number of hydrogen-bond donors (Lipinski definition) is 1. The molecule has 1 N–H and O–H groups in total. The quantitative estimate of drug-likeness (QED) is 0.889. The Hall–Kier alpha value is -2.50. The largest absolute Gasteiger partial charge is 0.486 e. The maximum absolute atomic E-state index is 12.2. The van der Waals surface area contributed by atoms with Crippen molar-refractivity contribution >= 4 is 5.91 Å². The summed E-state index contributed by atoms with van der Waals surface area (Å²) in [5.41, 5.74) is 0.711. The highest BCUT2D eigenvalue weighted by molar-refractivity contribution is 5.76. The van der Waals surface area contributed by atoms with E-state index in [1.807, 2.05) is 31.2 Å². The predicted molar refractivity (Wildman–Crippen MR) is 97.6 cm³/mol. The molecule has 2 aromatic rings. The second kappa shape index (κ2) is 7.40. The number of aromatic nitrogens is 1. The van der Waals surface area contributed by atoms with Gasteiger partial charge in [-0.2, -0.15) is 0 Å². The smallest absolute Gasteiger partial charge is 0.220 e. The number of carbonyl (C=O) groups is 1. The minimum Gasteiger partial charge on any atom is -0.486 e. The number of carbonyl (C=O) groups excluding carboxylic acids is 1. The number of nitrogens with one attached hydrogen (secondary N) is 1. The minimum atomic E-state index is -0.187. The van der Waals surface area contributed by atoms with Gasteiger partial charge in [-0.3, -0.25) is 4.79 Å². The third-order valence-corrected chi connectivity index (χ3v) is 4.21. The van der Waals surface area contributed by atoms with Gasteiger partial charge in [0.15, 0.2) is 17.4 Å². The summed E-state index contributed by atoms with van der Waals surface area (Å²) in [7, 11) is 0. The molecule has 0 aliphatic carbocycles. The van der Waals surface area contributed by atoms with Gasteiger partial charge >= 0.3 is 0 Å². The summed E-state index contributed by atoms with van der Waals surface area (Å²) < 4.78 is 17.3. The van der Waals surface area contributed by atoms with E-state index in [1.54, 1.807) is 0 Å². The molecular formula is C20H26N2O4. The van der Waals surface area contributed by atoms with Crippen molar-refractivity contribution in [2.24, 2.45) is 0 Å². The van der Waals surface area contributed by atoms with E-state index in [-0.39, 0.29) is 17.4 Å². The van der Waals surface area contributed by atoms with Crippen LogP contribution in [0.4, 0.5) is 0 Å². The van der Waals surface area contributed by atoms with Crippen LogP contribution in [-0.4, -0.2) is 30.1 Å². The van der Waals surface area contributed by atoms with Gasteiger partial charge in [0, 0.05) is 18.3 Å². The van der Waals surface area contributed by atoms with Gasteiger partial charge in [-0.05, 0) is 19.1 Å². The number of amides is 1. The molecule has 0 fully saturated rings. The van der Waals surface area contributed by atoms with Crippen LogP contribution in [-0.2, 0) is 16.6 Å². The zero-order chi connectivity index (χ0) is 18.7. The Balaban J connectivity index is 1.46. The molecule has 0 spiro atoms. The average molecular weight is 358 g/mol. The Morgan fingerprint density at radius 3 is 2.69 bits per heavy atom. The molecule has 6 nitrogen and oxygen atoms in total. The zero-order valence-corrected chi connectivity index (χ0v) is 15.8. The van der Waals surface area contributed by atoms with Gasteiger partial charge in [0.1, 0.15) is 18.5 Å². The summed E-state index contributed by atoms with van der Waals surface area (Å²) in [5.74, 6) is 2.89. The number of fused-ring (bicyclic) bond motifs is 1. The van der Waals surface area contributed by atoms with Crippen LogP contribution >= 0.6 is 0 Å². The van der Waals surface area contributed by atoms with Gasteiger partial charge < -0.3 is 19.2 Å². The second-order valence-corrected chi connectivity index (χ2v) is 7.58. The zero-order valence-electron chi connectivity index (χ0n) is 15.8. The van der Waals surface area contributed by atoms with Gasteiger partial charge in [-0.15, -0.1) is 0 Å². The van der Waals surface area contributed by atoms with Crippen molar-refractivity contribution in [1.82, 2.24) is 10.3 Å². The number of nitrogens with zero attached hydrogens (tertiary/aromatic N) is 1. The topological polar surface area (TPSA) is 73.6 Å². The predicted octanol–water partition coefficient (Wildman–Crippen LogP) is 3.17. The number of rotatable bonds is 5. The monoisotopic (exact) mass is 358 g/mol. The summed E-state index contributed by atoms with van der Waals surface area (Å²) in [6.07, 6.45) is 0.698. The fourth-order valence-electron chi connectivity index (χ4n) is 2.69. The van der Waals surface area contributed by atoms with Gasteiger partial charge in [0.2, 0.25) is 5.91 Å². The lowest BCUT2D eigenvalue weighted by Gasteiger charge is -2.26. The molecule has 1 aliphatic heterocycles. The molecule has 0 bridgehead atoms. The van der Waals surface area contributed by atoms with E-state index in [2.05, 4.69) is 31.1 Å². The Bertz CT molecular complexity index is 776. The highest BCUT2D eigenvalue weighted by Crippen LogP contribution is 2.30. The molecule has 26 heavy (non-hydrogen) atoms. The third kappa shape index (κ3) is 4.36. The summed E-state index contributed by atoms with van der Waals surface area (Å²) in [5, 5.41) is 2.90. The van der Waals surface area contributed by atoms with Crippen molar-refractivity contribution in [1.29, 1.82) is 0 Å². The fourth-order valence-corrected chi connectivity index (χ4v) is 2.69. The second-order valence-electron chi connectivity index (χ2n) is 7.58. The van der Waals surface area contributed by atoms with Crippen molar-refractivity contribution in [2.75, 3.05) is 13.2 Å². The van der Waals surface area contributed by atoms with Crippen LogP contribution in [0.2, 0.25) is 0 Å². The van der Waals surface area contributed by atoms with Crippen LogP contribution in [0.5, 0.6) is 11.5 Å². The molecule has 0 saturated carbocycles. The van der Waals surface area contributed by atoms with Crippen molar-refractivity contribution in [3.63, 3.8) is 0 Å². The van der Waals surface area contributed by atoms with E-state index < -0.39 is 0 Å². The standard InChI is InChI=1S/C20H26N2O4/c1-13-15(26-19(22-13)20(2,3)4)9-10-18(23)21-11-14-12-24-16-7-5-6-8-17(16)25-14/h5-8,14H,9-12H2,1-4H3,(H,21,23). The number of ether oxygens (including phenoxy) is 2. The van der Waals surface area contributed by atoms with Crippen LogP contribution in [0.15, 0.2) is 28.7 Å². The van der Waals surface area contributed by atoms with Gasteiger partial charge in [-0.1, -0.05) is 32.9 Å². The normalized spacial score (nSPS) is 16.4. The Morgan fingerprint density at radius 2 is 2.00 bits per heavy atom. The number of hydrogen-bond acceptors (Lipinski definition) is 5. The molecule has 1 aromatic carbocycles. The Labute approximate surface area is 153 Å². The highest BCUT2D eigenvalue weighted by Gasteiger charge is 2.23. The first-order valence-corrected chi connectivity index (χ1v) is 8.95. The van der Waals surface area contributed by atoms with Crippen LogP contribution < -0.4 is 14.8 Å². The molecule has 0 saturated heterocycles. The lowest BCUT2D eigenvalue weighted by molar-refractivity contribution is -0.121. The van der Waals surface area contributed by atoms with Crippen LogP contribution in [0, 0.1) is 6.92 Å². The first kappa shape index (κ1) is 18.3. The van der Waals surface area contributed by atoms with E-state index in [1.165, 1.54) is 0 Å². The van der Waals surface area contributed by atoms with Gasteiger partial charge in [0.25, 0.3) is 0 Å². The van der Waals surface area contributed by atoms with E-state index in [4.69, 9.17) is 13.9 Å². The SMILES string of the molecule is Cc1nc(C(C)(C)C)oc1CCC(=O)NCC1COc2ccccc2O1. The number of benzene rings is 1. The third-order valence-electron chi connectivity index (χ3n) is 4.21. The molecule has 2 heterocycles. The van der Waals surface area contributed by atoms with Crippen molar-refractivity contribution < 1.29 is 18.7 Å². The Morgan fingerprint density at radius 1 is 1.27 bits per heavy atom. The fraction of sp³-hybridized carbons (Fsp3) is 0.500. The molecular weight excluding hydrogens is 332 g/mol. The first-order chi connectivity index (χ1) is 12.3. The van der Waals surface area contributed by atoms with E-state index in [0.717, 1.165) is 17.2 Å². The van der Waals surface area contributed by atoms with Crippen LogP contribution in [0.25, 0.3) is 0 Å². The van der Waals surface area contributed by atoms with E-state index in [9.17, 15) is 4.79 Å². The maximum Gasteiger partial charge on any atom is 0.220 e. The minimum absolute atomic E-state index is 0.0411. The molecule has 1 aromatic heterocycles. The summed E-state index contributed by atoms with van der Waals surface area (Å²) in [6, 6.07) is 7.54. The van der Waals surface area contributed by atoms with Crippen molar-refractivity contribution in [2.45, 2.75) is 52.1 Å². The summed E-state index contributed by atoms with van der Waals surface area (Å²) >= 11 is 0. The molecule has 1 unspecified atom stereocenters. The lowest BCUT2D eigenvalue weighted by Crippen LogP contribution is -2.40. The summed E-state index contributed by atoms with van der Waals surface area (Å²) in [6.45, 7) is 8.91. The van der Waals surface area contributed by atoms with Crippen LogP contribution in [0.3, 0.4) is 0 Å². The molecule has 1 atom stereocenters. The molecule has 0 radical (unpaired) electrons. The first-order valence-electron chi connectivity index (χ1n) is 8.95. The lowest BCUT2D eigenvalue weighted by atomic mass is 9.97. The maximum atomic E-state index is 12.2. The average Bonchev–Trinajstić information content (AvgIpc) is 2.99. The van der Waals surface area contributed by atoms with E-state index >= 15 is 0 Å². The number of para-hydroxylation sites is 2. The van der Waals surface area contributed by atoms with Crippen LogP contribution in [0.1, 0.15) is 44.5 Å². The van der Waals surface area contributed by atoms with E-state index in [0.29, 0.717) is 37.6 Å². The molecule has 3 rings (SSSR count). The van der Waals surface area contributed by atoms with Crippen molar-refractivity contribution in [3.05, 3.63) is 41.6 Å².